The number of hydrogen-bond donors (Lipinski definition) is 2. The maximum Gasteiger partial charge on any atom is 0.323 e. The third kappa shape index (κ3) is 3.79. The molecular weight excluding hydrogens is 311 g/mol. The lowest BCUT2D eigenvalue weighted by Gasteiger charge is -2.13. The number of amides is 2. The first-order valence-corrected chi connectivity index (χ1v) is 6.66. The molecular formula is C15H14ClFN2O3. The molecule has 0 bridgehead atoms. The van der Waals surface area contributed by atoms with E-state index in [1.165, 1.54) is 44.6 Å². The van der Waals surface area contributed by atoms with E-state index in [4.69, 9.17) is 21.1 Å². The summed E-state index contributed by atoms with van der Waals surface area (Å²) in [6.07, 6.45) is 0. The average Bonchev–Trinajstić information content (AvgIpc) is 2.48. The molecule has 0 spiro atoms. The summed E-state index contributed by atoms with van der Waals surface area (Å²) in [5.41, 5.74) is 0.704. The molecule has 2 amide bonds. The van der Waals surface area contributed by atoms with Gasteiger partial charge in [0.15, 0.2) is 0 Å². The lowest BCUT2D eigenvalue weighted by atomic mass is 10.2. The van der Waals surface area contributed by atoms with Crippen LogP contribution in [0.5, 0.6) is 11.5 Å². The van der Waals surface area contributed by atoms with Gasteiger partial charge < -0.3 is 20.1 Å². The van der Waals surface area contributed by atoms with Gasteiger partial charge in [-0.1, -0.05) is 17.7 Å². The number of methoxy groups -OCH3 is 2. The second-order valence-corrected chi connectivity index (χ2v) is 4.68. The molecule has 0 fully saturated rings. The van der Waals surface area contributed by atoms with Gasteiger partial charge in [-0.2, -0.15) is 0 Å². The molecule has 0 heterocycles. The van der Waals surface area contributed by atoms with Crippen molar-refractivity contribution < 1.29 is 18.7 Å². The molecule has 0 aliphatic carbocycles. The van der Waals surface area contributed by atoms with Gasteiger partial charge in [0.2, 0.25) is 0 Å². The Morgan fingerprint density at radius 1 is 1.09 bits per heavy atom. The Balaban J connectivity index is 2.17. The molecule has 22 heavy (non-hydrogen) atoms. The van der Waals surface area contributed by atoms with E-state index in [2.05, 4.69) is 10.6 Å². The summed E-state index contributed by atoms with van der Waals surface area (Å²) < 4.78 is 23.3. The van der Waals surface area contributed by atoms with Crippen LogP contribution in [0.3, 0.4) is 0 Å². The van der Waals surface area contributed by atoms with Crippen molar-refractivity contribution in [2.45, 2.75) is 0 Å². The minimum Gasteiger partial charge on any atom is -0.495 e. The Labute approximate surface area is 132 Å². The van der Waals surface area contributed by atoms with Gasteiger partial charge in [0.1, 0.15) is 17.3 Å². The summed E-state index contributed by atoms with van der Waals surface area (Å²) in [4.78, 5) is 12.0. The largest absolute Gasteiger partial charge is 0.495 e. The summed E-state index contributed by atoms with van der Waals surface area (Å²) in [5, 5.41) is 5.47. The number of nitrogens with one attached hydrogen (secondary N) is 2. The highest BCUT2D eigenvalue weighted by molar-refractivity contribution is 6.32. The van der Waals surface area contributed by atoms with E-state index in [0.717, 1.165) is 0 Å². The van der Waals surface area contributed by atoms with Gasteiger partial charge in [0, 0.05) is 17.8 Å². The number of halogens is 2. The molecule has 116 valence electrons. The number of carbonyl (C=O) groups is 1. The standard InChI is InChI=1S/C15H14ClFN2O3/c1-21-13-8-12(14(22-2)7-11(13)16)19-15(20)18-10-5-3-4-9(17)6-10/h3-8H,1-2H3,(H2,18,19,20). The summed E-state index contributed by atoms with van der Waals surface area (Å²) in [7, 11) is 2.91. The highest BCUT2D eigenvalue weighted by atomic mass is 35.5. The Morgan fingerprint density at radius 3 is 2.45 bits per heavy atom. The van der Waals surface area contributed by atoms with Crippen LogP contribution >= 0.6 is 11.6 Å². The first-order chi connectivity index (χ1) is 10.5. The highest BCUT2D eigenvalue weighted by Crippen LogP contribution is 2.35. The minimum absolute atomic E-state index is 0.331. The topological polar surface area (TPSA) is 59.6 Å². The second-order valence-electron chi connectivity index (χ2n) is 4.28. The van der Waals surface area contributed by atoms with E-state index in [9.17, 15) is 9.18 Å². The molecule has 0 aromatic heterocycles. The molecule has 2 rings (SSSR count). The summed E-state index contributed by atoms with van der Waals surface area (Å²) >= 11 is 5.99. The van der Waals surface area contributed by atoms with Crippen LogP contribution in [0.1, 0.15) is 0 Å². The van der Waals surface area contributed by atoms with Gasteiger partial charge in [0.25, 0.3) is 0 Å². The zero-order chi connectivity index (χ0) is 16.1. The predicted molar refractivity (Wildman–Crippen MR) is 83.6 cm³/mol. The van der Waals surface area contributed by atoms with Crippen LogP contribution in [-0.2, 0) is 0 Å². The minimum atomic E-state index is -0.548. The second kappa shape index (κ2) is 7.00. The van der Waals surface area contributed by atoms with Crippen molar-refractivity contribution in [1.29, 1.82) is 0 Å². The molecule has 5 nitrogen and oxygen atoms in total. The van der Waals surface area contributed by atoms with Gasteiger partial charge in [-0.15, -0.1) is 0 Å². The molecule has 2 N–H and O–H groups in total. The van der Waals surface area contributed by atoms with Crippen molar-refractivity contribution >= 4 is 29.0 Å². The van der Waals surface area contributed by atoms with E-state index in [1.54, 1.807) is 6.07 Å². The third-order valence-corrected chi connectivity index (χ3v) is 3.10. The molecule has 0 radical (unpaired) electrons. The Bertz CT molecular complexity index is 694. The first-order valence-electron chi connectivity index (χ1n) is 6.28. The van der Waals surface area contributed by atoms with Crippen LogP contribution < -0.4 is 20.1 Å². The zero-order valence-electron chi connectivity index (χ0n) is 11.9. The number of hydrogen-bond acceptors (Lipinski definition) is 3. The van der Waals surface area contributed by atoms with Gasteiger partial charge in [-0.25, -0.2) is 9.18 Å². The molecule has 2 aromatic rings. The monoisotopic (exact) mass is 324 g/mol. The number of rotatable bonds is 4. The van der Waals surface area contributed by atoms with Crippen LogP contribution in [0.4, 0.5) is 20.6 Å². The van der Waals surface area contributed by atoms with E-state index >= 15 is 0 Å². The van der Waals surface area contributed by atoms with Crippen molar-refractivity contribution in [3.05, 3.63) is 47.2 Å². The smallest absolute Gasteiger partial charge is 0.323 e. The quantitative estimate of drug-likeness (QED) is 0.888. The number of ether oxygens (including phenoxy) is 2. The van der Waals surface area contributed by atoms with Gasteiger partial charge in [0.05, 0.1) is 24.9 Å². The first kappa shape index (κ1) is 15.9. The third-order valence-electron chi connectivity index (χ3n) is 2.80. The fourth-order valence-corrected chi connectivity index (χ4v) is 2.04. The molecule has 0 saturated heterocycles. The van der Waals surface area contributed by atoms with Gasteiger partial charge in [-0.3, -0.25) is 0 Å². The van der Waals surface area contributed by atoms with Crippen molar-refractivity contribution in [2.24, 2.45) is 0 Å². The molecule has 7 heteroatoms. The van der Waals surface area contributed by atoms with E-state index in [-0.39, 0.29) is 0 Å². The highest BCUT2D eigenvalue weighted by Gasteiger charge is 2.12. The van der Waals surface area contributed by atoms with E-state index < -0.39 is 11.8 Å². The summed E-state index contributed by atoms with van der Waals surface area (Å²) in [5.74, 6) is 0.326. The lowest BCUT2D eigenvalue weighted by molar-refractivity contribution is 0.262. The van der Waals surface area contributed by atoms with Crippen molar-refractivity contribution in [2.75, 3.05) is 24.9 Å². The number of benzene rings is 2. The number of carbonyl (C=O) groups excluding carboxylic acids is 1. The van der Waals surface area contributed by atoms with Crippen molar-refractivity contribution in [3.63, 3.8) is 0 Å². The Hall–Kier alpha value is -2.47. The molecule has 2 aromatic carbocycles. The number of urea groups is 1. The fraction of sp³-hybridized carbons (Fsp3) is 0.133. The van der Waals surface area contributed by atoms with E-state index in [1.807, 2.05) is 0 Å². The zero-order valence-corrected chi connectivity index (χ0v) is 12.7. The van der Waals surface area contributed by atoms with Crippen molar-refractivity contribution in [1.82, 2.24) is 0 Å². The van der Waals surface area contributed by atoms with Crippen LogP contribution in [0, 0.1) is 5.82 Å². The summed E-state index contributed by atoms with van der Waals surface area (Å²) in [6, 6.07) is 8.08. The van der Waals surface area contributed by atoms with Crippen LogP contribution in [0.2, 0.25) is 5.02 Å². The lowest BCUT2D eigenvalue weighted by Crippen LogP contribution is -2.20. The van der Waals surface area contributed by atoms with Crippen LogP contribution in [0.15, 0.2) is 36.4 Å². The molecule has 0 aliphatic rings. The predicted octanol–water partition coefficient (Wildman–Crippen LogP) is 4.14. The van der Waals surface area contributed by atoms with Gasteiger partial charge in [-0.05, 0) is 18.2 Å². The number of anilines is 2. The molecule has 0 saturated carbocycles. The van der Waals surface area contributed by atoms with Gasteiger partial charge >= 0.3 is 6.03 Å². The van der Waals surface area contributed by atoms with E-state index in [0.29, 0.717) is 27.9 Å². The SMILES string of the molecule is COc1cc(NC(=O)Nc2cccc(F)c2)c(OC)cc1Cl. The Morgan fingerprint density at radius 2 is 1.82 bits per heavy atom. The maximum atomic E-state index is 13.1. The Kier molecular flexibility index (Phi) is 5.06. The maximum absolute atomic E-state index is 13.1. The van der Waals surface area contributed by atoms with Crippen LogP contribution in [-0.4, -0.2) is 20.3 Å². The fourth-order valence-electron chi connectivity index (χ4n) is 1.81. The van der Waals surface area contributed by atoms with Crippen molar-refractivity contribution in [3.8, 4) is 11.5 Å². The summed E-state index contributed by atoms with van der Waals surface area (Å²) in [6.45, 7) is 0. The molecule has 0 unspecified atom stereocenters. The average molecular weight is 325 g/mol. The molecule has 0 aliphatic heterocycles. The van der Waals surface area contributed by atoms with Crippen LogP contribution in [0.25, 0.3) is 0 Å². The molecule has 0 atom stereocenters. The normalized spacial score (nSPS) is 10.0.